The standard InChI is InChI=1S/C51H33N3O6/c55-46-7-1-4-40(49(46)58)31-52-43-22-16-34(17-23-43)10-13-37-28-38(14-11-35-18-24-44(25-19-35)53-32-41-5-2-8-47(56)50(41)59)30-39(29-37)15-12-36-20-26-45(27-21-36)54-33-42-6-3-9-48(57)51(42)60/h1-9,16-33,55-60H. The SMILES string of the molecule is Oc1cccc(C=Nc2ccc(C#Cc3cc(C#Cc4ccc(N=Cc5cccc(O)c5O)cc4)cc(C#Cc4ccc(N=Cc5cccc(O)c5O)cc4)c3)cc2)c1O. The zero-order valence-corrected chi connectivity index (χ0v) is 31.6. The Labute approximate surface area is 346 Å². The van der Waals surface area contributed by atoms with Crippen molar-refractivity contribution in [2.45, 2.75) is 0 Å². The lowest BCUT2D eigenvalue weighted by Crippen LogP contribution is -1.86. The summed E-state index contributed by atoms with van der Waals surface area (Å²) in [6, 6.07) is 41.6. The highest BCUT2D eigenvalue weighted by molar-refractivity contribution is 5.88. The van der Waals surface area contributed by atoms with E-state index in [2.05, 4.69) is 50.5 Å². The number of aromatic hydroxyl groups is 6. The summed E-state index contributed by atoms with van der Waals surface area (Å²) in [5, 5.41) is 59.4. The fraction of sp³-hybridized carbons (Fsp3) is 0. The second-order valence-corrected chi connectivity index (χ2v) is 13.1. The molecule has 0 fully saturated rings. The van der Waals surface area contributed by atoms with Crippen LogP contribution in [0.15, 0.2) is 161 Å². The Kier molecular flexibility index (Phi) is 12.0. The Morgan fingerprint density at radius 1 is 0.300 bits per heavy atom. The van der Waals surface area contributed by atoms with E-state index < -0.39 is 0 Å². The quantitative estimate of drug-likeness (QED) is 0.0561. The van der Waals surface area contributed by atoms with Crippen LogP contribution in [0.1, 0.15) is 50.1 Å². The normalized spacial score (nSPS) is 10.8. The van der Waals surface area contributed by atoms with Crippen molar-refractivity contribution in [2.75, 3.05) is 0 Å². The molecule has 0 aliphatic carbocycles. The molecule has 7 aromatic carbocycles. The summed E-state index contributed by atoms with van der Waals surface area (Å²) in [5.41, 5.74) is 7.47. The van der Waals surface area contributed by atoms with Crippen LogP contribution in [0.4, 0.5) is 17.1 Å². The summed E-state index contributed by atoms with van der Waals surface area (Å²) in [5.74, 6) is 17.9. The van der Waals surface area contributed by atoms with Gasteiger partial charge < -0.3 is 30.6 Å². The first kappa shape index (κ1) is 39.3. The van der Waals surface area contributed by atoms with Crippen molar-refractivity contribution in [1.29, 1.82) is 0 Å². The molecule has 60 heavy (non-hydrogen) atoms. The minimum Gasteiger partial charge on any atom is -0.504 e. The van der Waals surface area contributed by atoms with Gasteiger partial charge in [0.2, 0.25) is 0 Å². The third-order valence-electron chi connectivity index (χ3n) is 8.78. The van der Waals surface area contributed by atoms with Gasteiger partial charge in [-0.15, -0.1) is 0 Å². The van der Waals surface area contributed by atoms with Crippen LogP contribution in [-0.2, 0) is 0 Å². The Bertz CT molecular complexity index is 2650. The van der Waals surface area contributed by atoms with Crippen molar-refractivity contribution in [2.24, 2.45) is 15.0 Å². The zero-order chi connectivity index (χ0) is 41.8. The predicted octanol–water partition coefficient (Wildman–Crippen LogP) is 9.37. The van der Waals surface area contributed by atoms with Crippen LogP contribution in [-0.4, -0.2) is 49.3 Å². The van der Waals surface area contributed by atoms with Gasteiger partial charge in [0.15, 0.2) is 34.5 Å². The number of para-hydroxylation sites is 3. The maximum atomic E-state index is 10.1. The molecule has 288 valence electrons. The molecule has 0 aromatic heterocycles. The summed E-state index contributed by atoms with van der Waals surface area (Å²) >= 11 is 0. The number of hydrogen-bond acceptors (Lipinski definition) is 9. The number of rotatable bonds is 6. The van der Waals surface area contributed by atoms with Crippen molar-refractivity contribution < 1.29 is 30.6 Å². The van der Waals surface area contributed by atoms with Gasteiger partial charge in [-0.3, -0.25) is 15.0 Å². The third-order valence-corrected chi connectivity index (χ3v) is 8.78. The molecular weight excluding hydrogens is 751 g/mol. The Balaban J connectivity index is 1.12. The fourth-order valence-electron chi connectivity index (χ4n) is 5.56. The average molecular weight is 784 g/mol. The van der Waals surface area contributed by atoms with Crippen LogP contribution in [0.2, 0.25) is 0 Å². The summed E-state index contributed by atoms with van der Waals surface area (Å²) in [7, 11) is 0. The smallest absolute Gasteiger partial charge is 0.166 e. The van der Waals surface area contributed by atoms with Crippen molar-refractivity contribution in [3.63, 3.8) is 0 Å². The van der Waals surface area contributed by atoms with Crippen molar-refractivity contribution >= 4 is 35.7 Å². The lowest BCUT2D eigenvalue weighted by Gasteiger charge is -2.01. The maximum absolute atomic E-state index is 10.1. The highest BCUT2D eigenvalue weighted by Gasteiger charge is 2.05. The number of phenols is 6. The van der Waals surface area contributed by atoms with E-state index in [0.29, 0.717) is 50.4 Å². The average Bonchev–Trinajstić information content (AvgIpc) is 3.27. The molecule has 9 heteroatoms. The Hall–Kier alpha value is -8.97. The predicted molar refractivity (Wildman–Crippen MR) is 235 cm³/mol. The monoisotopic (exact) mass is 783 g/mol. The topological polar surface area (TPSA) is 158 Å². The van der Waals surface area contributed by atoms with Crippen LogP contribution >= 0.6 is 0 Å². The molecule has 0 radical (unpaired) electrons. The van der Waals surface area contributed by atoms with E-state index >= 15 is 0 Å². The van der Waals surface area contributed by atoms with E-state index in [1.54, 1.807) is 72.8 Å². The minimum absolute atomic E-state index is 0.217. The summed E-state index contributed by atoms with van der Waals surface area (Å²) < 4.78 is 0. The van der Waals surface area contributed by atoms with E-state index in [0.717, 1.165) is 16.7 Å². The lowest BCUT2D eigenvalue weighted by molar-refractivity contribution is 0.403. The van der Waals surface area contributed by atoms with Gasteiger partial charge in [-0.2, -0.15) is 0 Å². The number of benzene rings is 7. The van der Waals surface area contributed by atoms with Crippen LogP contribution in [0.25, 0.3) is 0 Å². The molecule has 6 N–H and O–H groups in total. The summed E-state index contributed by atoms with van der Waals surface area (Å²) in [4.78, 5) is 13.2. The van der Waals surface area contributed by atoms with Crippen LogP contribution in [0.5, 0.6) is 34.5 Å². The van der Waals surface area contributed by atoms with Gasteiger partial charge >= 0.3 is 0 Å². The Morgan fingerprint density at radius 3 is 0.817 bits per heavy atom. The molecule has 0 saturated carbocycles. The van der Waals surface area contributed by atoms with Crippen LogP contribution < -0.4 is 0 Å². The first-order valence-electron chi connectivity index (χ1n) is 18.3. The molecule has 0 saturated heterocycles. The molecule has 7 aromatic rings. The van der Waals surface area contributed by atoms with Crippen LogP contribution in [0.3, 0.4) is 0 Å². The van der Waals surface area contributed by atoms with Gasteiger partial charge in [-0.05, 0) is 127 Å². The molecule has 0 aliphatic rings. The minimum atomic E-state index is -0.236. The van der Waals surface area contributed by atoms with E-state index in [4.69, 9.17) is 0 Å². The largest absolute Gasteiger partial charge is 0.504 e. The first-order chi connectivity index (χ1) is 29.2. The summed E-state index contributed by atoms with van der Waals surface area (Å²) in [6.45, 7) is 0. The molecule has 0 amide bonds. The molecule has 0 atom stereocenters. The molecule has 0 bridgehead atoms. The van der Waals surface area contributed by atoms with Gasteiger partial charge in [0.05, 0.1) is 17.1 Å². The molecule has 7 rings (SSSR count). The van der Waals surface area contributed by atoms with Crippen molar-refractivity contribution in [3.8, 4) is 70.0 Å². The van der Waals surface area contributed by atoms with E-state index in [1.165, 1.54) is 36.8 Å². The van der Waals surface area contributed by atoms with Gasteiger partial charge in [-0.25, -0.2) is 0 Å². The fourth-order valence-corrected chi connectivity index (χ4v) is 5.56. The molecule has 0 heterocycles. The zero-order valence-electron chi connectivity index (χ0n) is 31.6. The second kappa shape index (κ2) is 18.3. The molecule has 0 aliphatic heterocycles. The van der Waals surface area contributed by atoms with Gasteiger partial charge in [0, 0.05) is 68.7 Å². The Morgan fingerprint density at radius 2 is 0.550 bits per heavy atom. The van der Waals surface area contributed by atoms with Crippen LogP contribution in [0, 0.1) is 35.5 Å². The van der Waals surface area contributed by atoms with Gasteiger partial charge in [0.25, 0.3) is 0 Å². The second-order valence-electron chi connectivity index (χ2n) is 13.1. The van der Waals surface area contributed by atoms with E-state index in [-0.39, 0.29) is 34.5 Å². The highest BCUT2D eigenvalue weighted by atomic mass is 16.3. The van der Waals surface area contributed by atoms with Gasteiger partial charge in [0.1, 0.15) is 0 Å². The maximum Gasteiger partial charge on any atom is 0.166 e. The first-order valence-corrected chi connectivity index (χ1v) is 18.3. The highest BCUT2D eigenvalue weighted by Crippen LogP contribution is 2.29. The third kappa shape index (κ3) is 10.3. The molecule has 0 unspecified atom stereocenters. The van der Waals surface area contributed by atoms with E-state index in [1.807, 2.05) is 54.6 Å². The van der Waals surface area contributed by atoms with E-state index in [9.17, 15) is 30.6 Å². The van der Waals surface area contributed by atoms with Crippen molar-refractivity contribution in [1.82, 2.24) is 0 Å². The number of hydrogen-bond donors (Lipinski definition) is 6. The lowest BCUT2D eigenvalue weighted by atomic mass is 10.0. The molecule has 0 spiro atoms. The van der Waals surface area contributed by atoms with Crippen molar-refractivity contribution in [3.05, 3.63) is 196 Å². The van der Waals surface area contributed by atoms with Gasteiger partial charge in [-0.1, -0.05) is 53.7 Å². The number of phenolic OH excluding ortho intramolecular Hbond substituents is 6. The summed E-state index contributed by atoms with van der Waals surface area (Å²) in [6.07, 6.45) is 4.44. The number of nitrogens with zero attached hydrogens (tertiary/aromatic N) is 3. The number of aliphatic imine (C=N–C) groups is 3. The molecule has 9 nitrogen and oxygen atoms in total. The molecular formula is C51H33N3O6.